The molecule has 2 rings (SSSR count). The van der Waals surface area contributed by atoms with Gasteiger partial charge in [0.05, 0.1) is 7.11 Å². The molecule has 0 saturated carbocycles. The molecular weight excluding hydrogens is 248 g/mol. The van der Waals surface area contributed by atoms with E-state index in [1.807, 2.05) is 64.1 Å². The number of ether oxygens (including phenoxy) is 1. The van der Waals surface area contributed by atoms with Gasteiger partial charge in [0.25, 0.3) is 0 Å². The third kappa shape index (κ3) is 2.44. The lowest BCUT2D eigenvalue weighted by atomic mass is 9.85. The summed E-state index contributed by atoms with van der Waals surface area (Å²) >= 11 is 0. The Bertz CT molecular complexity index is 627. The Balaban J connectivity index is 2.63. The molecule has 2 aromatic rings. The molecule has 0 fully saturated rings. The van der Waals surface area contributed by atoms with Crippen molar-refractivity contribution in [2.24, 2.45) is 0 Å². The van der Waals surface area contributed by atoms with Crippen molar-refractivity contribution >= 4 is 0 Å². The Labute approximate surface area is 121 Å². The summed E-state index contributed by atoms with van der Waals surface area (Å²) in [6.07, 6.45) is 0. The van der Waals surface area contributed by atoms with Gasteiger partial charge in [-0.3, -0.25) is 0 Å². The lowest BCUT2D eigenvalue weighted by molar-refractivity contribution is 0.0987. The summed E-state index contributed by atoms with van der Waals surface area (Å²) in [6, 6.07) is 11.9. The van der Waals surface area contributed by atoms with Crippen LogP contribution >= 0.6 is 0 Å². The van der Waals surface area contributed by atoms with E-state index in [9.17, 15) is 5.11 Å². The van der Waals surface area contributed by atoms with Crippen molar-refractivity contribution in [1.82, 2.24) is 0 Å². The highest BCUT2D eigenvalue weighted by molar-refractivity contribution is 5.51. The predicted molar refractivity (Wildman–Crippen MR) is 82.3 cm³/mol. The van der Waals surface area contributed by atoms with Gasteiger partial charge in [0.15, 0.2) is 0 Å². The Kier molecular flexibility index (Phi) is 3.87. The molecule has 0 aliphatic rings. The highest BCUT2D eigenvalue weighted by Crippen LogP contribution is 2.38. The van der Waals surface area contributed by atoms with E-state index in [4.69, 9.17) is 4.74 Å². The Morgan fingerprint density at radius 3 is 2.35 bits per heavy atom. The van der Waals surface area contributed by atoms with E-state index in [2.05, 4.69) is 0 Å². The van der Waals surface area contributed by atoms with Crippen LogP contribution in [0.4, 0.5) is 0 Å². The third-order valence-corrected chi connectivity index (χ3v) is 3.99. The van der Waals surface area contributed by atoms with E-state index in [-0.39, 0.29) is 0 Å². The molecule has 1 atom stereocenters. The zero-order valence-electron chi connectivity index (χ0n) is 12.8. The Hall–Kier alpha value is -1.80. The van der Waals surface area contributed by atoms with E-state index in [1.165, 1.54) is 0 Å². The fourth-order valence-electron chi connectivity index (χ4n) is 2.54. The smallest absolute Gasteiger partial charge is 0.128 e. The van der Waals surface area contributed by atoms with Gasteiger partial charge in [0.1, 0.15) is 11.4 Å². The van der Waals surface area contributed by atoms with Crippen LogP contribution in [0.5, 0.6) is 5.75 Å². The molecule has 20 heavy (non-hydrogen) atoms. The number of hydrogen-bond donors (Lipinski definition) is 1. The molecule has 106 valence electrons. The number of methoxy groups -OCH3 is 1. The summed E-state index contributed by atoms with van der Waals surface area (Å²) in [4.78, 5) is 0. The summed E-state index contributed by atoms with van der Waals surface area (Å²) in [7, 11) is 1.65. The average Bonchev–Trinajstić information content (AvgIpc) is 2.41. The maximum absolute atomic E-state index is 11.0. The van der Waals surface area contributed by atoms with E-state index >= 15 is 0 Å². The van der Waals surface area contributed by atoms with Crippen LogP contribution in [0, 0.1) is 20.8 Å². The number of benzene rings is 2. The fourth-order valence-corrected chi connectivity index (χ4v) is 2.54. The number of aliphatic hydroxyl groups is 1. The number of rotatable bonds is 3. The second-order valence-electron chi connectivity index (χ2n) is 5.53. The molecule has 0 aromatic heterocycles. The molecule has 2 nitrogen and oxygen atoms in total. The maximum Gasteiger partial charge on any atom is 0.128 e. The average molecular weight is 270 g/mol. The first-order chi connectivity index (χ1) is 9.37. The standard InChI is InChI=1S/C18H22O2/c1-12-7-6-8-15(11-12)18(4,19)16-10-9-13(2)14(3)17(16)20-5/h6-11,19H,1-5H3. The van der Waals surface area contributed by atoms with Crippen LogP contribution in [0.3, 0.4) is 0 Å². The minimum Gasteiger partial charge on any atom is -0.496 e. The first kappa shape index (κ1) is 14.6. The van der Waals surface area contributed by atoms with Gasteiger partial charge in [-0.1, -0.05) is 42.0 Å². The third-order valence-electron chi connectivity index (χ3n) is 3.99. The summed E-state index contributed by atoms with van der Waals surface area (Å²) in [5.41, 5.74) is 3.96. The molecular formula is C18H22O2. The molecule has 1 N–H and O–H groups in total. The van der Waals surface area contributed by atoms with E-state index in [0.717, 1.165) is 33.6 Å². The number of aryl methyl sites for hydroxylation is 2. The zero-order valence-corrected chi connectivity index (χ0v) is 12.8. The molecule has 2 heteroatoms. The molecule has 0 amide bonds. The SMILES string of the molecule is COc1c(C(C)(O)c2cccc(C)c2)ccc(C)c1C. The van der Waals surface area contributed by atoms with Gasteiger partial charge in [-0.15, -0.1) is 0 Å². The summed E-state index contributed by atoms with van der Waals surface area (Å²) in [5.74, 6) is 0.761. The van der Waals surface area contributed by atoms with Gasteiger partial charge in [0, 0.05) is 5.56 Å². The van der Waals surface area contributed by atoms with Crippen LogP contribution in [0.2, 0.25) is 0 Å². The van der Waals surface area contributed by atoms with Crippen LogP contribution in [0.1, 0.15) is 34.7 Å². The van der Waals surface area contributed by atoms with Crippen LogP contribution in [-0.2, 0) is 5.60 Å². The van der Waals surface area contributed by atoms with Crippen molar-refractivity contribution < 1.29 is 9.84 Å². The highest BCUT2D eigenvalue weighted by Gasteiger charge is 2.30. The first-order valence-corrected chi connectivity index (χ1v) is 6.82. The van der Waals surface area contributed by atoms with Gasteiger partial charge in [-0.25, -0.2) is 0 Å². The number of hydrogen-bond acceptors (Lipinski definition) is 2. The first-order valence-electron chi connectivity index (χ1n) is 6.82. The Morgan fingerprint density at radius 1 is 1.05 bits per heavy atom. The summed E-state index contributed by atoms with van der Waals surface area (Å²) in [5, 5.41) is 11.0. The predicted octanol–water partition coefficient (Wildman–Crippen LogP) is 3.88. The van der Waals surface area contributed by atoms with Gasteiger partial charge >= 0.3 is 0 Å². The molecule has 0 radical (unpaired) electrons. The van der Waals surface area contributed by atoms with E-state index < -0.39 is 5.60 Å². The maximum atomic E-state index is 11.0. The van der Waals surface area contributed by atoms with Gasteiger partial charge in [-0.05, 0) is 44.4 Å². The van der Waals surface area contributed by atoms with Crippen molar-refractivity contribution in [3.63, 3.8) is 0 Å². The van der Waals surface area contributed by atoms with Crippen LogP contribution in [0.25, 0.3) is 0 Å². The minimum atomic E-state index is -1.07. The van der Waals surface area contributed by atoms with Gasteiger partial charge in [-0.2, -0.15) is 0 Å². The topological polar surface area (TPSA) is 29.5 Å². The van der Waals surface area contributed by atoms with Crippen molar-refractivity contribution in [1.29, 1.82) is 0 Å². The van der Waals surface area contributed by atoms with Crippen LogP contribution in [0.15, 0.2) is 36.4 Å². The molecule has 0 heterocycles. The molecule has 2 aromatic carbocycles. The van der Waals surface area contributed by atoms with Gasteiger partial charge in [0.2, 0.25) is 0 Å². The molecule has 0 aliphatic heterocycles. The molecule has 0 spiro atoms. The highest BCUT2D eigenvalue weighted by atomic mass is 16.5. The van der Waals surface area contributed by atoms with Crippen molar-refractivity contribution in [2.75, 3.05) is 7.11 Å². The quantitative estimate of drug-likeness (QED) is 0.917. The lowest BCUT2D eigenvalue weighted by Gasteiger charge is -2.28. The molecule has 0 aliphatic carbocycles. The van der Waals surface area contributed by atoms with Crippen molar-refractivity contribution in [3.05, 3.63) is 64.2 Å². The van der Waals surface area contributed by atoms with E-state index in [1.54, 1.807) is 7.11 Å². The monoisotopic (exact) mass is 270 g/mol. The molecule has 0 bridgehead atoms. The summed E-state index contributed by atoms with van der Waals surface area (Å²) in [6.45, 7) is 7.90. The fraction of sp³-hybridized carbons (Fsp3) is 0.333. The van der Waals surface area contributed by atoms with Crippen LogP contribution in [-0.4, -0.2) is 12.2 Å². The lowest BCUT2D eigenvalue weighted by Crippen LogP contribution is -2.24. The zero-order chi connectivity index (χ0) is 14.9. The normalized spacial score (nSPS) is 13.9. The molecule has 1 unspecified atom stereocenters. The second-order valence-corrected chi connectivity index (χ2v) is 5.53. The second kappa shape index (κ2) is 5.29. The van der Waals surface area contributed by atoms with Crippen molar-refractivity contribution in [3.8, 4) is 5.75 Å². The van der Waals surface area contributed by atoms with E-state index in [0.29, 0.717) is 0 Å². The van der Waals surface area contributed by atoms with Gasteiger partial charge < -0.3 is 9.84 Å². The molecule has 0 saturated heterocycles. The van der Waals surface area contributed by atoms with Crippen LogP contribution < -0.4 is 4.74 Å². The Morgan fingerprint density at radius 2 is 1.75 bits per heavy atom. The van der Waals surface area contributed by atoms with Crippen molar-refractivity contribution in [2.45, 2.75) is 33.3 Å². The largest absolute Gasteiger partial charge is 0.496 e. The summed E-state index contributed by atoms with van der Waals surface area (Å²) < 4.78 is 5.54. The minimum absolute atomic E-state index is 0.761.